The molecule has 124 valence electrons. The van der Waals surface area contributed by atoms with Gasteiger partial charge in [-0.05, 0) is 73.6 Å². The van der Waals surface area contributed by atoms with Crippen molar-refractivity contribution in [2.45, 2.75) is 103 Å². The maximum absolute atomic E-state index is 6.35. The van der Waals surface area contributed by atoms with E-state index in [1.807, 2.05) is 0 Å². The van der Waals surface area contributed by atoms with Crippen LogP contribution in [0.1, 0.15) is 73.6 Å². The minimum absolute atomic E-state index is 0.0302. The molecule has 1 saturated heterocycles. The molecule has 0 N–H and O–H groups in total. The van der Waals surface area contributed by atoms with Crippen molar-refractivity contribution in [1.82, 2.24) is 4.90 Å². The average Bonchev–Trinajstić information content (AvgIpc) is 2.73. The molecule has 0 amide bonds. The maximum atomic E-state index is 6.35. The average molecular weight is 297 g/mol. The molecule has 21 heavy (non-hydrogen) atoms. The number of hydrogen-bond donors (Lipinski definition) is 0. The van der Waals surface area contributed by atoms with Crippen molar-refractivity contribution < 1.29 is 9.47 Å². The Balaban J connectivity index is 1.70. The molecule has 2 aliphatic rings. The van der Waals surface area contributed by atoms with Crippen LogP contribution in [0.5, 0.6) is 0 Å². The Kier molecular flexibility index (Phi) is 5.38. The van der Waals surface area contributed by atoms with Gasteiger partial charge in [0.15, 0.2) is 0 Å². The van der Waals surface area contributed by atoms with Crippen LogP contribution in [0.3, 0.4) is 0 Å². The fourth-order valence-electron chi connectivity index (χ4n) is 3.57. The molecule has 0 spiro atoms. The summed E-state index contributed by atoms with van der Waals surface area (Å²) in [6, 6.07) is 0. The lowest BCUT2D eigenvalue weighted by molar-refractivity contribution is -0.0785. The van der Waals surface area contributed by atoms with Crippen LogP contribution >= 0.6 is 0 Å². The van der Waals surface area contributed by atoms with E-state index in [1.54, 1.807) is 0 Å². The van der Waals surface area contributed by atoms with Gasteiger partial charge in [0.25, 0.3) is 0 Å². The molecule has 2 rings (SSSR count). The zero-order valence-electron chi connectivity index (χ0n) is 14.9. The van der Waals surface area contributed by atoms with E-state index >= 15 is 0 Å². The van der Waals surface area contributed by atoms with Crippen molar-refractivity contribution in [3.63, 3.8) is 0 Å². The van der Waals surface area contributed by atoms with Gasteiger partial charge in [-0.1, -0.05) is 0 Å². The van der Waals surface area contributed by atoms with Crippen LogP contribution in [0, 0.1) is 0 Å². The molecule has 1 aliphatic heterocycles. The van der Waals surface area contributed by atoms with E-state index in [1.165, 1.54) is 32.4 Å². The fourth-order valence-corrected chi connectivity index (χ4v) is 3.57. The first-order valence-electron chi connectivity index (χ1n) is 8.72. The van der Waals surface area contributed by atoms with Crippen LogP contribution in [-0.4, -0.2) is 47.4 Å². The van der Waals surface area contributed by atoms with Crippen molar-refractivity contribution >= 4 is 0 Å². The predicted octanol–water partition coefficient (Wildman–Crippen LogP) is 4.00. The summed E-state index contributed by atoms with van der Waals surface area (Å²) in [5, 5.41) is 0. The third-order valence-corrected chi connectivity index (χ3v) is 4.63. The van der Waals surface area contributed by atoms with Crippen molar-refractivity contribution in [2.24, 2.45) is 0 Å². The highest BCUT2D eigenvalue weighted by molar-refractivity contribution is 4.84. The van der Waals surface area contributed by atoms with Gasteiger partial charge in [-0.25, -0.2) is 0 Å². The quantitative estimate of drug-likeness (QED) is 0.786. The van der Waals surface area contributed by atoms with Crippen molar-refractivity contribution in [1.29, 1.82) is 0 Å². The van der Waals surface area contributed by atoms with Gasteiger partial charge in [-0.2, -0.15) is 0 Å². The number of hydrogen-bond acceptors (Lipinski definition) is 3. The lowest BCUT2D eigenvalue weighted by Gasteiger charge is -2.41. The van der Waals surface area contributed by atoms with E-state index < -0.39 is 0 Å². The standard InChI is InChI=1S/C18H35NO2/c1-17(2,3)19-11-9-14(10-12-19)20-15-7-8-16(13-15)21-18(4,5)6/h14-16H,7-13H2,1-6H3/t15-,16+/m0/s1. The Morgan fingerprint density at radius 3 is 1.86 bits per heavy atom. The van der Waals surface area contributed by atoms with Gasteiger partial charge in [0, 0.05) is 18.6 Å². The molecule has 2 atom stereocenters. The van der Waals surface area contributed by atoms with Crippen LogP contribution in [0.4, 0.5) is 0 Å². The minimum Gasteiger partial charge on any atom is -0.375 e. The SMILES string of the molecule is CC(C)(C)O[C@@H]1CC[C@H](OC2CCN(C(C)(C)C)CC2)C1. The molecular formula is C18H35NO2. The summed E-state index contributed by atoms with van der Waals surface area (Å²) in [4.78, 5) is 2.58. The summed E-state index contributed by atoms with van der Waals surface area (Å²) in [5.74, 6) is 0. The highest BCUT2D eigenvalue weighted by atomic mass is 16.5. The minimum atomic E-state index is -0.0302. The normalized spacial score (nSPS) is 30.0. The number of piperidine rings is 1. The second-order valence-electron chi connectivity index (χ2n) is 8.78. The van der Waals surface area contributed by atoms with E-state index in [2.05, 4.69) is 46.4 Å². The second kappa shape index (κ2) is 6.55. The van der Waals surface area contributed by atoms with Crippen molar-refractivity contribution in [3.8, 4) is 0 Å². The Labute approximate surface area is 131 Å². The molecule has 3 nitrogen and oxygen atoms in total. The van der Waals surface area contributed by atoms with Gasteiger partial charge in [-0.3, -0.25) is 4.90 Å². The van der Waals surface area contributed by atoms with Gasteiger partial charge in [0.1, 0.15) is 0 Å². The molecule has 1 heterocycles. The first-order valence-corrected chi connectivity index (χ1v) is 8.72. The van der Waals surface area contributed by atoms with Gasteiger partial charge in [0.05, 0.1) is 23.9 Å². The third-order valence-electron chi connectivity index (χ3n) is 4.63. The number of ether oxygens (including phenoxy) is 2. The molecular weight excluding hydrogens is 262 g/mol. The van der Waals surface area contributed by atoms with Crippen LogP contribution in [-0.2, 0) is 9.47 Å². The molecule has 0 aromatic carbocycles. The van der Waals surface area contributed by atoms with Crippen LogP contribution in [0.25, 0.3) is 0 Å². The summed E-state index contributed by atoms with van der Waals surface area (Å²) in [5.41, 5.74) is 0.265. The first kappa shape index (κ1) is 17.2. The summed E-state index contributed by atoms with van der Waals surface area (Å²) in [7, 11) is 0. The zero-order valence-corrected chi connectivity index (χ0v) is 14.9. The zero-order chi connectivity index (χ0) is 15.7. The first-order chi connectivity index (χ1) is 9.63. The van der Waals surface area contributed by atoms with E-state index in [9.17, 15) is 0 Å². The molecule has 0 unspecified atom stereocenters. The molecule has 0 radical (unpaired) electrons. The number of likely N-dealkylation sites (tertiary alicyclic amines) is 1. The number of nitrogens with zero attached hydrogens (tertiary/aromatic N) is 1. The monoisotopic (exact) mass is 297 g/mol. The Bertz CT molecular complexity index is 321. The molecule has 0 bridgehead atoms. The van der Waals surface area contributed by atoms with Crippen LogP contribution in [0.15, 0.2) is 0 Å². The topological polar surface area (TPSA) is 21.7 Å². The van der Waals surface area contributed by atoms with E-state index in [4.69, 9.17) is 9.47 Å². The van der Waals surface area contributed by atoms with Crippen molar-refractivity contribution in [2.75, 3.05) is 13.1 Å². The van der Waals surface area contributed by atoms with Gasteiger partial charge >= 0.3 is 0 Å². The summed E-state index contributed by atoms with van der Waals surface area (Å²) >= 11 is 0. The lowest BCUT2D eigenvalue weighted by Crippen LogP contribution is -2.48. The summed E-state index contributed by atoms with van der Waals surface area (Å²) in [6.45, 7) is 15.7. The van der Waals surface area contributed by atoms with E-state index in [-0.39, 0.29) is 5.60 Å². The van der Waals surface area contributed by atoms with Gasteiger partial charge in [-0.15, -0.1) is 0 Å². The highest BCUT2D eigenvalue weighted by Crippen LogP contribution is 2.31. The van der Waals surface area contributed by atoms with E-state index in [0.29, 0.717) is 23.9 Å². The van der Waals surface area contributed by atoms with Gasteiger partial charge in [0.2, 0.25) is 0 Å². The van der Waals surface area contributed by atoms with Crippen molar-refractivity contribution in [3.05, 3.63) is 0 Å². The van der Waals surface area contributed by atoms with Crippen LogP contribution in [0.2, 0.25) is 0 Å². The molecule has 1 aliphatic carbocycles. The smallest absolute Gasteiger partial charge is 0.0607 e. The van der Waals surface area contributed by atoms with Crippen LogP contribution < -0.4 is 0 Å². The lowest BCUT2D eigenvalue weighted by atomic mass is 9.99. The summed E-state index contributed by atoms with van der Waals surface area (Å²) in [6.07, 6.45) is 7.03. The largest absolute Gasteiger partial charge is 0.375 e. The highest BCUT2D eigenvalue weighted by Gasteiger charge is 2.33. The third kappa shape index (κ3) is 5.54. The molecule has 2 fully saturated rings. The molecule has 1 saturated carbocycles. The Morgan fingerprint density at radius 2 is 1.33 bits per heavy atom. The summed E-state index contributed by atoms with van der Waals surface area (Å²) < 4.78 is 12.4. The molecule has 0 aromatic heterocycles. The molecule has 3 heteroatoms. The Morgan fingerprint density at radius 1 is 0.762 bits per heavy atom. The maximum Gasteiger partial charge on any atom is 0.0607 e. The number of rotatable bonds is 3. The van der Waals surface area contributed by atoms with Gasteiger partial charge < -0.3 is 9.47 Å². The fraction of sp³-hybridized carbons (Fsp3) is 1.00. The molecule has 0 aromatic rings. The Hall–Kier alpha value is -0.120. The predicted molar refractivity (Wildman–Crippen MR) is 87.7 cm³/mol. The van der Waals surface area contributed by atoms with E-state index in [0.717, 1.165) is 12.8 Å². The second-order valence-corrected chi connectivity index (χ2v) is 8.78.